The first kappa shape index (κ1) is 32.8. The van der Waals surface area contributed by atoms with Gasteiger partial charge in [0, 0.05) is 37.0 Å². The van der Waals surface area contributed by atoms with E-state index in [-0.39, 0.29) is 29.5 Å². The van der Waals surface area contributed by atoms with E-state index in [9.17, 15) is 4.79 Å². The number of pyridine rings is 1. The van der Waals surface area contributed by atoms with Crippen molar-refractivity contribution in [2.45, 2.75) is 77.5 Å². The summed E-state index contributed by atoms with van der Waals surface area (Å²) in [5, 5.41) is 20.0. The molecule has 2 N–H and O–H groups in total. The van der Waals surface area contributed by atoms with E-state index in [1.807, 2.05) is 51.7 Å². The zero-order valence-electron chi connectivity index (χ0n) is 29.0. The van der Waals surface area contributed by atoms with Gasteiger partial charge in [-0.3, -0.25) is 14.6 Å². The highest BCUT2D eigenvalue weighted by Gasteiger charge is 2.30. The highest BCUT2D eigenvalue weighted by Crippen LogP contribution is 2.39. The van der Waals surface area contributed by atoms with E-state index in [1.165, 1.54) is 5.56 Å². The zero-order chi connectivity index (χ0) is 34.1. The Morgan fingerprint density at radius 2 is 1.78 bits per heavy atom. The van der Waals surface area contributed by atoms with Crippen LogP contribution in [0, 0.1) is 0 Å². The molecule has 1 saturated heterocycles. The third-order valence-corrected chi connectivity index (χ3v) is 9.32. The van der Waals surface area contributed by atoms with Crippen molar-refractivity contribution in [2.75, 3.05) is 31.6 Å². The standard InChI is InChI=1S/C38H46N8O3/c1-25(2)36-42-41-34-16-13-28(24-45(34)36)49-32-15-14-31(29-11-6-7-12-30(29)32)39-37(47)40-35-22-33(38(3,4)5)43-46(35)27-10-8-9-26(21-27)23-44-17-19-48-20-18-44/h6-13,16,21-22,24-25,31-32H,14-15,17-20,23H2,1-5H3,(H2,39,40,47)/t31-,32+/m0/s1. The van der Waals surface area contributed by atoms with Crippen LogP contribution in [0.3, 0.4) is 0 Å². The Morgan fingerprint density at radius 1 is 0.980 bits per heavy atom. The van der Waals surface area contributed by atoms with Crippen molar-refractivity contribution in [2.24, 2.45) is 0 Å². The summed E-state index contributed by atoms with van der Waals surface area (Å²) in [4.78, 5) is 16.1. The summed E-state index contributed by atoms with van der Waals surface area (Å²) in [6.45, 7) is 14.8. The summed E-state index contributed by atoms with van der Waals surface area (Å²) in [7, 11) is 0. The van der Waals surface area contributed by atoms with Crippen LogP contribution in [0.2, 0.25) is 0 Å². The first-order valence-electron chi connectivity index (χ1n) is 17.3. The van der Waals surface area contributed by atoms with Crippen LogP contribution in [0.5, 0.6) is 5.75 Å². The molecule has 4 heterocycles. The molecule has 2 amide bonds. The second-order valence-electron chi connectivity index (χ2n) is 14.4. The maximum Gasteiger partial charge on any atom is 0.320 e. The van der Waals surface area contributed by atoms with Crippen molar-refractivity contribution in [3.05, 3.63) is 101 Å². The van der Waals surface area contributed by atoms with Gasteiger partial charge in [-0.15, -0.1) is 10.2 Å². The van der Waals surface area contributed by atoms with E-state index in [1.54, 1.807) is 0 Å². The van der Waals surface area contributed by atoms with Gasteiger partial charge in [-0.25, -0.2) is 9.48 Å². The van der Waals surface area contributed by atoms with Crippen molar-refractivity contribution < 1.29 is 14.3 Å². The van der Waals surface area contributed by atoms with Crippen LogP contribution in [0.25, 0.3) is 11.3 Å². The average molecular weight is 663 g/mol. The molecular formula is C38H46N8O3. The number of amides is 2. The summed E-state index contributed by atoms with van der Waals surface area (Å²) in [5.74, 6) is 2.52. The quantitative estimate of drug-likeness (QED) is 0.185. The summed E-state index contributed by atoms with van der Waals surface area (Å²) in [5.41, 5.74) is 5.73. The number of hydrogen-bond donors (Lipinski definition) is 2. The maximum atomic E-state index is 13.7. The molecule has 0 radical (unpaired) electrons. The number of ether oxygens (including phenoxy) is 2. The number of fused-ring (bicyclic) bond motifs is 2. The van der Waals surface area contributed by atoms with Crippen molar-refractivity contribution in [3.8, 4) is 11.4 Å². The highest BCUT2D eigenvalue weighted by molar-refractivity contribution is 5.89. The van der Waals surface area contributed by atoms with Gasteiger partial charge in [-0.2, -0.15) is 5.10 Å². The van der Waals surface area contributed by atoms with E-state index < -0.39 is 0 Å². The smallest absolute Gasteiger partial charge is 0.320 e. The summed E-state index contributed by atoms with van der Waals surface area (Å²) >= 11 is 0. The molecular weight excluding hydrogens is 616 g/mol. The minimum absolute atomic E-state index is 0.144. The van der Waals surface area contributed by atoms with Crippen molar-refractivity contribution in [3.63, 3.8) is 0 Å². The van der Waals surface area contributed by atoms with Gasteiger partial charge in [0.2, 0.25) is 0 Å². The molecule has 11 heteroatoms. The Labute approximate surface area is 287 Å². The summed E-state index contributed by atoms with van der Waals surface area (Å²) in [6, 6.07) is 22.0. The van der Waals surface area contributed by atoms with Crippen LogP contribution in [-0.4, -0.2) is 61.6 Å². The van der Waals surface area contributed by atoms with E-state index in [4.69, 9.17) is 14.6 Å². The molecule has 5 aromatic rings. The molecule has 1 fully saturated rings. The number of carbonyl (C=O) groups excluding carboxylic acids is 1. The normalized spacial score (nSPS) is 18.4. The van der Waals surface area contributed by atoms with Crippen LogP contribution in [0.4, 0.5) is 10.6 Å². The van der Waals surface area contributed by atoms with Crippen LogP contribution in [0.15, 0.2) is 72.9 Å². The number of morpholine rings is 1. The molecule has 0 bridgehead atoms. The topological polar surface area (TPSA) is 111 Å². The molecule has 11 nitrogen and oxygen atoms in total. The molecule has 256 valence electrons. The van der Waals surface area contributed by atoms with Gasteiger partial charge in [0.05, 0.1) is 36.8 Å². The lowest BCUT2D eigenvalue weighted by molar-refractivity contribution is 0.0342. The molecule has 1 aliphatic heterocycles. The second kappa shape index (κ2) is 13.6. The number of nitrogens with one attached hydrogen (secondary N) is 2. The fourth-order valence-corrected chi connectivity index (χ4v) is 6.69. The highest BCUT2D eigenvalue weighted by atomic mass is 16.5. The Kier molecular flexibility index (Phi) is 9.13. The third kappa shape index (κ3) is 7.18. The molecule has 2 aromatic carbocycles. The van der Waals surface area contributed by atoms with Crippen molar-refractivity contribution >= 4 is 17.5 Å². The summed E-state index contributed by atoms with van der Waals surface area (Å²) < 4.78 is 15.9. The molecule has 2 aliphatic rings. The Balaban J connectivity index is 1.08. The van der Waals surface area contributed by atoms with Crippen LogP contribution < -0.4 is 15.4 Å². The van der Waals surface area contributed by atoms with Gasteiger partial charge in [0.15, 0.2) is 5.65 Å². The number of hydrogen-bond acceptors (Lipinski definition) is 7. The van der Waals surface area contributed by atoms with E-state index in [2.05, 4.69) is 90.7 Å². The fourth-order valence-electron chi connectivity index (χ4n) is 6.69. The number of anilines is 1. The number of nitrogens with zero attached hydrogens (tertiary/aromatic N) is 6. The monoisotopic (exact) mass is 662 g/mol. The molecule has 0 saturated carbocycles. The SMILES string of the molecule is CC(C)c1nnc2ccc(O[C@@H]3CC[C@H](NC(=O)Nc4cc(C(C)(C)C)nn4-c4cccc(CN5CCOCC5)c4)c4ccccc43)cn12. The number of carbonyl (C=O) groups is 1. The summed E-state index contributed by atoms with van der Waals surface area (Å²) in [6.07, 6.45) is 3.31. The Hall–Kier alpha value is -4.74. The molecule has 49 heavy (non-hydrogen) atoms. The van der Waals surface area contributed by atoms with Crippen LogP contribution in [0.1, 0.15) is 93.7 Å². The average Bonchev–Trinajstić information content (AvgIpc) is 3.71. The fraction of sp³-hybridized carbons (Fsp3) is 0.421. The van der Waals surface area contributed by atoms with Crippen LogP contribution >= 0.6 is 0 Å². The number of benzene rings is 2. The number of rotatable bonds is 8. The number of aromatic nitrogens is 5. The lowest BCUT2D eigenvalue weighted by Crippen LogP contribution is -2.36. The van der Waals surface area contributed by atoms with Crippen LogP contribution in [-0.2, 0) is 16.7 Å². The van der Waals surface area contributed by atoms with Gasteiger partial charge in [-0.05, 0) is 53.8 Å². The molecule has 2 atom stereocenters. The first-order valence-corrected chi connectivity index (χ1v) is 17.3. The molecule has 3 aromatic heterocycles. The van der Waals surface area contributed by atoms with E-state index >= 15 is 0 Å². The predicted molar refractivity (Wildman–Crippen MR) is 189 cm³/mol. The predicted octanol–water partition coefficient (Wildman–Crippen LogP) is 6.94. The largest absolute Gasteiger partial charge is 0.484 e. The third-order valence-electron chi connectivity index (χ3n) is 9.32. The minimum Gasteiger partial charge on any atom is -0.484 e. The van der Waals surface area contributed by atoms with Crippen molar-refractivity contribution in [1.29, 1.82) is 0 Å². The zero-order valence-corrected chi connectivity index (χ0v) is 29.0. The van der Waals surface area contributed by atoms with Gasteiger partial charge >= 0.3 is 6.03 Å². The van der Waals surface area contributed by atoms with Gasteiger partial charge < -0.3 is 14.8 Å². The van der Waals surface area contributed by atoms with E-state index in [0.29, 0.717) is 5.82 Å². The first-order chi connectivity index (χ1) is 23.6. The lowest BCUT2D eigenvalue weighted by atomic mass is 9.85. The number of urea groups is 1. The maximum absolute atomic E-state index is 13.7. The lowest BCUT2D eigenvalue weighted by Gasteiger charge is -2.32. The van der Waals surface area contributed by atoms with Gasteiger partial charge in [0.1, 0.15) is 23.5 Å². The molecule has 0 unspecified atom stereocenters. The van der Waals surface area contributed by atoms with Gasteiger partial charge in [0.25, 0.3) is 0 Å². The molecule has 1 aliphatic carbocycles. The Bertz CT molecular complexity index is 1930. The van der Waals surface area contributed by atoms with Crippen molar-refractivity contribution in [1.82, 2.24) is 34.6 Å². The minimum atomic E-state index is -0.274. The van der Waals surface area contributed by atoms with Gasteiger partial charge in [-0.1, -0.05) is 71.0 Å². The second-order valence-corrected chi connectivity index (χ2v) is 14.4. The van der Waals surface area contributed by atoms with E-state index in [0.717, 1.165) is 85.4 Å². The molecule has 0 spiro atoms. The molecule has 7 rings (SSSR count). The Morgan fingerprint density at radius 3 is 2.55 bits per heavy atom.